The number of fused-ring (bicyclic) bond motifs is 3. The Bertz CT molecular complexity index is 4610. The predicted molar refractivity (Wildman–Crippen MR) is 380 cm³/mol. The van der Waals surface area contributed by atoms with Gasteiger partial charge in [-0.25, -0.2) is 15.0 Å². The van der Waals surface area contributed by atoms with E-state index in [0.29, 0.717) is 24.6 Å². The molecule has 1 saturated heterocycles. The third-order valence-corrected chi connectivity index (χ3v) is 16.5. The third-order valence-electron chi connectivity index (χ3n) is 16.5. The van der Waals surface area contributed by atoms with E-state index in [0.717, 1.165) is 163 Å². The van der Waals surface area contributed by atoms with Crippen molar-refractivity contribution >= 4 is 67.2 Å². The quantitative estimate of drug-likeness (QED) is 0.0588. The highest BCUT2D eigenvalue weighted by Crippen LogP contribution is 2.38. The monoisotopic (exact) mass is 1300 g/mol. The molecular weight excluding hydrogens is 1220 g/mol. The van der Waals surface area contributed by atoms with Crippen molar-refractivity contribution in [3.05, 3.63) is 165 Å². The van der Waals surface area contributed by atoms with Gasteiger partial charge in [0.25, 0.3) is 0 Å². The smallest absolute Gasteiger partial charge is 0.124 e. The molecule has 0 radical (unpaired) electrons. The maximum atomic E-state index is 9.12. The summed E-state index contributed by atoms with van der Waals surface area (Å²) in [4.78, 5) is 37.4. The SMILES string of the molecule is C#CCN(c1cc(OC)cc(OC)c1)c1ccc2ncc(-c3cnn(C)c3)nc2c1.CCCN(c1cc(OC)cc(OC)c1)c1ccc2ncc(-c3cnn(CCO)c3)nc2c1.COc1cc(OC)cc(N(CCN2CCCCC2)c2ccc3ncc(-c4cnn(C)c4)nc3c2)c1. The summed E-state index contributed by atoms with van der Waals surface area (Å²) < 4.78 is 38.1. The number of aromatic nitrogens is 12. The summed E-state index contributed by atoms with van der Waals surface area (Å²) in [5.74, 6) is 7.11. The number of rotatable bonds is 23. The molecule has 23 heteroatoms. The molecule has 0 bridgehead atoms. The van der Waals surface area contributed by atoms with Gasteiger partial charge < -0.3 is 53.1 Å². The molecule has 7 heterocycles. The third kappa shape index (κ3) is 16.4. The average Bonchev–Trinajstić information content (AvgIpc) is 1.68. The highest BCUT2D eigenvalue weighted by Gasteiger charge is 2.20. The zero-order chi connectivity index (χ0) is 67.8. The van der Waals surface area contributed by atoms with Crippen molar-refractivity contribution in [2.45, 2.75) is 39.2 Å². The molecule has 1 aliphatic heterocycles. The number of piperidine rings is 1. The zero-order valence-corrected chi connectivity index (χ0v) is 56.2. The van der Waals surface area contributed by atoms with Gasteiger partial charge in [-0.1, -0.05) is 19.3 Å². The fraction of sp³-hybridized carbons (Fsp3) is 0.284. The maximum Gasteiger partial charge on any atom is 0.124 e. The lowest BCUT2D eigenvalue weighted by Crippen LogP contribution is -2.36. The maximum absolute atomic E-state index is 9.12. The van der Waals surface area contributed by atoms with Gasteiger partial charge in [0.15, 0.2) is 0 Å². The van der Waals surface area contributed by atoms with Gasteiger partial charge in [-0.3, -0.25) is 29.0 Å². The molecule has 0 spiro atoms. The molecule has 23 nitrogen and oxygen atoms in total. The van der Waals surface area contributed by atoms with Crippen LogP contribution in [0.1, 0.15) is 32.6 Å². The number of nitrogens with zero attached hydrogens (tertiary/aromatic N) is 16. The highest BCUT2D eigenvalue weighted by atomic mass is 16.5. The first kappa shape index (κ1) is 67.1. The summed E-state index contributed by atoms with van der Waals surface area (Å²) in [6.07, 6.45) is 26.9. The van der Waals surface area contributed by atoms with Crippen molar-refractivity contribution in [2.75, 3.05) is 103 Å². The Balaban J connectivity index is 0.000000148. The average molecular weight is 1310 g/mol. The molecule has 6 aromatic carbocycles. The molecule has 1 aliphatic rings. The van der Waals surface area contributed by atoms with Crippen molar-refractivity contribution < 1.29 is 33.5 Å². The van der Waals surface area contributed by atoms with Gasteiger partial charge in [0, 0.05) is 158 Å². The number of ether oxygens (including phenoxy) is 6. The molecule has 0 atom stereocenters. The van der Waals surface area contributed by atoms with E-state index in [4.69, 9.17) is 54.9 Å². The van der Waals surface area contributed by atoms with Crippen LogP contribution in [0.5, 0.6) is 34.5 Å². The Morgan fingerprint density at radius 2 is 0.814 bits per heavy atom. The van der Waals surface area contributed by atoms with Crippen LogP contribution in [0.3, 0.4) is 0 Å². The van der Waals surface area contributed by atoms with E-state index in [2.05, 4.69) is 88.1 Å². The van der Waals surface area contributed by atoms with Gasteiger partial charge in [-0.15, -0.1) is 6.42 Å². The summed E-state index contributed by atoms with van der Waals surface area (Å²) in [6, 6.07) is 35.8. The number of hydrogen-bond donors (Lipinski definition) is 1. The van der Waals surface area contributed by atoms with Crippen LogP contribution in [0.2, 0.25) is 0 Å². The van der Waals surface area contributed by atoms with Crippen LogP contribution in [0.25, 0.3) is 66.9 Å². The number of aryl methyl sites for hydroxylation is 2. The lowest BCUT2D eigenvalue weighted by atomic mass is 10.1. The van der Waals surface area contributed by atoms with E-state index in [1.807, 2.05) is 123 Å². The Morgan fingerprint density at radius 1 is 0.433 bits per heavy atom. The molecule has 13 rings (SSSR count). The number of likely N-dealkylation sites (tertiary alicyclic amines) is 1. The number of methoxy groups -OCH3 is 6. The van der Waals surface area contributed by atoms with Crippen LogP contribution in [-0.2, 0) is 20.6 Å². The van der Waals surface area contributed by atoms with Crippen LogP contribution < -0.4 is 43.1 Å². The molecule has 1 N–H and O–H groups in total. The summed E-state index contributed by atoms with van der Waals surface area (Å²) in [6.45, 7) is 7.97. The minimum Gasteiger partial charge on any atom is -0.497 e. The summed E-state index contributed by atoms with van der Waals surface area (Å²) in [7, 11) is 13.7. The van der Waals surface area contributed by atoms with Gasteiger partial charge >= 0.3 is 0 Å². The highest BCUT2D eigenvalue weighted by molar-refractivity contribution is 5.86. The van der Waals surface area contributed by atoms with Gasteiger partial charge in [0.1, 0.15) is 34.5 Å². The van der Waals surface area contributed by atoms with Crippen molar-refractivity contribution in [3.63, 3.8) is 0 Å². The molecule has 0 amide bonds. The summed E-state index contributed by atoms with van der Waals surface area (Å²) >= 11 is 0. The Labute approximate surface area is 564 Å². The van der Waals surface area contributed by atoms with Crippen LogP contribution >= 0.6 is 0 Å². The number of aliphatic hydroxyl groups excluding tert-OH is 1. The first-order valence-corrected chi connectivity index (χ1v) is 32.0. The van der Waals surface area contributed by atoms with Crippen LogP contribution in [0.4, 0.5) is 34.1 Å². The standard InChI is InChI=1S/C27H32N6O2.C24H27N5O3.C23H21N5O2/c1-31-19-20(17-29-31)27-18-28-25-8-7-21(15-26(25)30-27)33(12-11-32-9-5-4-6-10-32)22-13-23(34-2)16-24(14-22)35-3;1-4-7-29(19-10-20(31-2)13-21(11-19)32-3)18-5-6-22-23(12-18)27-24(15-25-22)17-14-26-28(16-17)8-9-30;1-5-8-28(18-9-19(29-3)12-20(10-18)30-4)17-6-7-21-22(11-17)26-23(14-24-21)16-13-25-27(2)15-16/h7-8,13-19H,4-6,9-12H2,1-3H3;5-6,10-16,30H,4,7-9H2,1-3H3;1,6-7,9-15H,8H2,2-4H3. The summed E-state index contributed by atoms with van der Waals surface area (Å²) in [5.41, 5.74) is 15.8. The van der Waals surface area contributed by atoms with E-state index in [-0.39, 0.29) is 6.61 Å². The van der Waals surface area contributed by atoms with E-state index < -0.39 is 0 Å². The number of aliphatic hydroxyl groups is 1. The van der Waals surface area contributed by atoms with Gasteiger partial charge in [0.2, 0.25) is 0 Å². The fourth-order valence-electron chi connectivity index (χ4n) is 11.5. The molecule has 97 heavy (non-hydrogen) atoms. The van der Waals surface area contributed by atoms with Gasteiger partial charge in [0.05, 0.1) is 150 Å². The Hall–Kier alpha value is -11.4. The number of benzene rings is 6. The molecule has 0 saturated carbocycles. The lowest BCUT2D eigenvalue weighted by molar-refractivity contribution is 0.234. The largest absolute Gasteiger partial charge is 0.497 e. The van der Waals surface area contributed by atoms with Crippen LogP contribution in [0.15, 0.2) is 165 Å². The minimum atomic E-state index is 0.0379. The molecule has 6 aromatic heterocycles. The Kier molecular flexibility index (Phi) is 21.9. The van der Waals surface area contributed by atoms with Crippen molar-refractivity contribution in [1.82, 2.24) is 64.1 Å². The topological polar surface area (TPSA) is 219 Å². The second-order valence-electron chi connectivity index (χ2n) is 23.0. The van der Waals surface area contributed by atoms with E-state index >= 15 is 0 Å². The first-order chi connectivity index (χ1) is 47.4. The van der Waals surface area contributed by atoms with E-state index in [1.54, 1.807) is 87.7 Å². The second-order valence-corrected chi connectivity index (χ2v) is 23.0. The minimum absolute atomic E-state index is 0.0379. The molecular formula is C74H80N16O7. The molecule has 0 aliphatic carbocycles. The fourth-order valence-corrected chi connectivity index (χ4v) is 11.5. The predicted octanol–water partition coefficient (Wildman–Crippen LogP) is 12.5. The van der Waals surface area contributed by atoms with Crippen LogP contribution in [-0.4, -0.2) is 158 Å². The molecule has 498 valence electrons. The zero-order valence-electron chi connectivity index (χ0n) is 56.2. The van der Waals surface area contributed by atoms with Gasteiger partial charge in [-0.05, 0) is 86.9 Å². The normalized spacial score (nSPS) is 12.1. The van der Waals surface area contributed by atoms with E-state index in [1.165, 1.54) is 19.3 Å². The molecule has 1 fully saturated rings. The van der Waals surface area contributed by atoms with Crippen molar-refractivity contribution in [3.8, 4) is 80.6 Å². The van der Waals surface area contributed by atoms with Crippen molar-refractivity contribution in [2.24, 2.45) is 14.1 Å². The lowest BCUT2D eigenvalue weighted by Gasteiger charge is -2.31. The van der Waals surface area contributed by atoms with Gasteiger partial charge in [-0.2, -0.15) is 15.3 Å². The second kappa shape index (κ2) is 31.7. The molecule has 0 unspecified atom stereocenters. The van der Waals surface area contributed by atoms with Crippen LogP contribution in [0, 0.1) is 12.3 Å². The number of hydrogen-bond acceptors (Lipinski definition) is 20. The van der Waals surface area contributed by atoms with E-state index in [9.17, 15) is 0 Å². The number of terminal acetylenes is 1. The van der Waals surface area contributed by atoms with Crippen molar-refractivity contribution in [1.29, 1.82) is 0 Å². The summed E-state index contributed by atoms with van der Waals surface area (Å²) in [5, 5.41) is 21.9. The molecule has 12 aromatic rings. The number of anilines is 6. The Morgan fingerprint density at radius 3 is 1.19 bits per heavy atom. The first-order valence-electron chi connectivity index (χ1n) is 32.0.